The fourth-order valence-corrected chi connectivity index (χ4v) is 0. The smallest absolute Gasteiger partial charge is 0.135 e. The molecule has 0 rings (SSSR count). The third-order valence-electron chi connectivity index (χ3n) is 0. The lowest BCUT2D eigenvalue weighted by molar-refractivity contribution is 0.801. The molecule has 0 saturated heterocycles. The Morgan fingerprint density at radius 2 is 1.50 bits per heavy atom. The van der Waals surface area contributed by atoms with Crippen LogP contribution in [0.25, 0.3) is 0 Å². The van der Waals surface area contributed by atoms with Crippen LogP contribution in [0.1, 0.15) is 0 Å². The first-order valence-electron chi connectivity index (χ1n) is 0.513. The highest BCUT2D eigenvalue weighted by Gasteiger charge is 1.63. The Balaban J connectivity index is 2.80. The predicted octanol–water partition coefficient (Wildman–Crippen LogP) is 1.43. The molecule has 0 unspecified atom stereocenters. The third kappa shape index (κ3) is 22.0. The van der Waals surface area contributed by atoms with Gasteiger partial charge in [0, 0.05) is 0 Å². The lowest BCUT2D eigenvalue weighted by Gasteiger charge is -1.55. The third-order valence-corrected chi connectivity index (χ3v) is 0. The molecule has 0 fully saturated rings. The van der Waals surface area contributed by atoms with Crippen LogP contribution in [0.3, 0.4) is 0 Å². The molecule has 0 radical (unpaired) electrons. The molecule has 0 saturated carbocycles. The molecule has 0 N–H and O–H groups in total. The van der Waals surface area contributed by atoms with Crippen molar-refractivity contribution < 1.29 is 7.77 Å². The Morgan fingerprint density at radius 3 is 1.50 bits per heavy atom. The Hall–Kier alpha value is 0.510. The zero-order chi connectivity index (χ0) is 3.58. The van der Waals surface area contributed by atoms with Crippen molar-refractivity contribution in [1.82, 2.24) is 0 Å². The maximum absolute atomic E-state index is 10.3. The minimum absolute atomic E-state index is 2.01. The first-order valence-corrected chi connectivity index (χ1v) is 2.76. The average Bonchev–Trinajstić information content (AvgIpc) is 0.811. The van der Waals surface area contributed by atoms with Crippen LogP contribution in [0.4, 0.5) is 7.77 Å². The fraction of sp³-hybridized carbons (Fsp3) is 0. The lowest BCUT2D eigenvalue weighted by Crippen LogP contribution is -1.35. The second kappa shape index (κ2) is 1.79. The molecule has 0 heterocycles. The minimum atomic E-state index is -2.56. The molecule has 0 spiro atoms. The zero-order valence-corrected chi connectivity index (χ0v) is 3.48. The zero-order valence-electron chi connectivity index (χ0n) is 1.66. The maximum Gasteiger partial charge on any atom is 0.186 e. The Bertz CT molecular complexity index is 29.0. The van der Waals surface area contributed by atoms with Gasteiger partial charge in [-0.3, -0.25) is 0 Å². The van der Waals surface area contributed by atoms with Crippen LogP contribution in [0.5, 0.6) is 0 Å². The summed E-state index contributed by atoms with van der Waals surface area (Å²) in [6.07, 6.45) is 0. The van der Waals surface area contributed by atoms with E-state index in [2.05, 4.69) is 0 Å². The summed E-state index contributed by atoms with van der Waals surface area (Å²) in [5.41, 5.74) is 0. The first kappa shape index (κ1) is 4.51. The van der Waals surface area contributed by atoms with Gasteiger partial charge in [0.05, 0.1) is 0 Å². The van der Waals surface area contributed by atoms with E-state index >= 15 is 0 Å². The van der Waals surface area contributed by atoms with Crippen LogP contribution in [-0.2, 0) is 10.8 Å². The van der Waals surface area contributed by atoms with Gasteiger partial charge in [-0.05, 0) is 8.02 Å². The first-order chi connectivity index (χ1) is 1.73. The standard InChI is InChI=1S/F2HPS/c1-4(2)3/h3H. The van der Waals surface area contributed by atoms with Crippen LogP contribution in [0.15, 0.2) is 0 Å². The second-order valence-electron chi connectivity index (χ2n) is 0.213. The molecule has 0 aromatic rings. The quantitative estimate of drug-likeness (QED) is 0.406. The van der Waals surface area contributed by atoms with E-state index in [1.54, 1.807) is 0 Å². The minimum Gasteiger partial charge on any atom is -0.135 e. The lowest BCUT2D eigenvalue weighted by atomic mass is 18.8. The molecular weight excluding hydrogens is 101 g/mol. The van der Waals surface area contributed by atoms with Crippen molar-refractivity contribution in [3.8, 4) is 0 Å². The Morgan fingerprint density at radius 1 is 1.50 bits per heavy atom. The van der Waals surface area contributed by atoms with E-state index in [4.69, 9.17) is 0 Å². The van der Waals surface area contributed by atoms with Gasteiger partial charge in [0.1, 0.15) is 0 Å². The van der Waals surface area contributed by atoms with Crippen molar-refractivity contribution in [2.45, 2.75) is 0 Å². The normalized spacial score (nSPS) is 8.75. The highest BCUT2D eigenvalue weighted by molar-refractivity contribution is 8.08. The molecule has 0 aliphatic carbocycles. The van der Waals surface area contributed by atoms with Crippen LogP contribution in [0.2, 0.25) is 0 Å². The van der Waals surface area contributed by atoms with Gasteiger partial charge in [-0.1, -0.05) is 0 Å². The molecule has 0 nitrogen and oxygen atoms in total. The summed E-state index contributed by atoms with van der Waals surface area (Å²) in [4.78, 5) is 0. The van der Waals surface area contributed by atoms with Gasteiger partial charge in [0.25, 0.3) is 0 Å². The molecule has 0 amide bonds. The van der Waals surface area contributed by atoms with Gasteiger partial charge < -0.3 is 0 Å². The van der Waals surface area contributed by atoms with Crippen molar-refractivity contribution in [3.63, 3.8) is 0 Å². The summed E-state index contributed by atoms with van der Waals surface area (Å²) in [6, 6.07) is 0. The largest absolute Gasteiger partial charge is 0.186 e. The number of halogens is 2. The maximum atomic E-state index is 10.3. The van der Waals surface area contributed by atoms with Crippen molar-refractivity contribution in [3.05, 3.63) is 0 Å². The highest BCUT2D eigenvalue weighted by Crippen LogP contribution is 1.87. The van der Waals surface area contributed by atoms with E-state index < -0.39 is 10.8 Å². The van der Waals surface area contributed by atoms with Crippen molar-refractivity contribution in [2.24, 2.45) is 0 Å². The molecule has 4 heavy (non-hydrogen) atoms. The Labute approximate surface area is 27.6 Å². The fourth-order valence-electron chi connectivity index (χ4n) is 0. The molecule has 0 aromatic heterocycles. The summed E-state index contributed by atoms with van der Waals surface area (Å²) in [7, 11) is -0.549. The topological polar surface area (TPSA) is 0 Å². The van der Waals surface area contributed by atoms with E-state index in [0.29, 0.717) is 0 Å². The van der Waals surface area contributed by atoms with Gasteiger partial charge in [-0.15, -0.1) is 7.77 Å². The molecule has 0 aromatic carbocycles. The summed E-state index contributed by atoms with van der Waals surface area (Å²) < 4.78 is 20.5. The number of hydrogen-bond donors (Lipinski definition) is 0. The van der Waals surface area contributed by atoms with Gasteiger partial charge in [0.2, 0.25) is 0 Å². The van der Waals surface area contributed by atoms with Crippen LogP contribution in [-0.4, -0.2) is 0 Å². The summed E-state index contributed by atoms with van der Waals surface area (Å²) in [5.74, 6) is 0. The van der Waals surface area contributed by atoms with Crippen LogP contribution >= 0.6 is 8.02 Å². The predicted molar refractivity (Wildman–Crippen MR) is 17.9 cm³/mol. The molecule has 0 bridgehead atoms. The molecule has 0 aliphatic rings. The SMILES string of the molecule is FS(F)=P. The number of hydrogen-bond acceptors (Lipinski definition) is 0. The van der Waals surface area contributed by atoms with Gasteiger partial charge in [-0.2, -0.15) is 0 Å². The van der Waals surface area contributed by atoms with Crippen molar-refractivity contribution in [1.29, 1.82) is 0 Å². The summed E-state index contributed by atoms with van der Waals surface area (Å²) in [5, 5.41) is 0. The molecule has 4 heteroatoms. The average molecular weight is 102 g/mol. The van der Waals surface area contributed by atoms with E-state index in [0.717, 1.165) is 0 Å². The summed E-state index contributed by atoms with van der Waals surface area (Å²) >= 11 is 0. The Kier molecular flexibility index (Phi) is 2.02. The van der Waals surface area contributed by atoms with E-state index in [1.807, 2.05) is 8.02 Å². The van der Waals surface area contributed by atoms with Crippen LogP contribution < -0.4 is 0 Å². The monoisotopic (exact) mass is 102 g/mol. The van der Waals surface area contributed by atoms with E-state index in [9.17, 15) is 7.77 Å². The van der Waals surface area contributed by atoms with E-state index in [-0.39, 0.29) is 0 Å². The summed E-state index contributed by atoms with van der Waals surface area (Å²) in [6.45, 7) is 0. The van der Waals surface area contributed by atoms with Gasteiger partial charge >= 0.3 is 0 Å². The molecular formula is HF2PS. The van der Waals surface area contributed by atoms with E-state index in [1.165, 1.54) is 0 Å². The van der Waals surface area contributed by atoms with Crippen LogP contribution in [0, 0.1) is 0 Å². The number of rotatable bonds is 0. The molecule has 0 atom stereocenters. The highest BCUT2D eigenvalue weighted by atomic mass is 32.5. The molecule has 26 valence electrons. The van der Waals surface area contributed by atoms with Crippen molar-refractivity contribution in [2.75, 3.05) is 0 Å². The second-order valence-corrected chi connectivity index (χ2v) is 1.56. The molecule has 0 aliphatic heterocycles. The van der Waals surface area contributed by atoms with Crippen molar-refractivity contribution >= 4 is 18.9 Å². The van der Waals surface area contributed by atoms with Gasteiger partial charge in [-0.25, -0.2) is 0 Å². The van der Waals surface area contributed by atoms with Gasteiger partial charge in [0.15, 0.2) is 10.8 Å².